The van der Waals surface area contributed by atoms with Crippen LogP contribution < -0.4 is 0 Å². The van der Waals surface area contributed by atoms with E-state index >= 15 is 0 Å². The van der Waals surface area contributed by atoms with Crippen LogP contribution in [0.5, 0.6) is 0 Å². The molecule has 0 saturated carbocycles. The zero-order chi connectivity index (χ0) is 3.58. The third kappa shape index (κ3) is 72.3. The van der Waals surface area contributed by atoms with Gasteiger partial charge in [0.25, 0.3) is 0 Å². The monoisotopic (exact) mass is 111 g/mol. The molecule has 0 bridgehead atoms. The van der Waals surface area contributed by atoms with Crippen molar-refractivity contribution in [1.82, 2.24) is 0 Å². The molecule has 0 aliphatic heterocycles. The van der Waals surface area contributed by atoms with Crippen LogP contribution in [0.1, 0.15) is 0 Å². The van der Waals surface area contributed by atoms with Crippen molar-refractivity contribution < 1.29 is 14.4 Å². The lowest BCUT2D eigenvalue weighted by atomic mass is 15.8. The normalized spacial score (nSPS) is 7.00. The molecule has 0 heterocycles. The average molecular weight is 111 g/mol. The van der Waals surface area contributed by atoms with Crippen molar-refractivity contribution in [3.8, 4) is 0 Å². The van der Waals surface area contributed by atoms with Crippen molar-refractivity contribution in [3.05, 3.63) is 0 Å². The van der Waals surface area contributed by atoms with Crippen molar-refractivity contribution in [2.45, 2.75) is 0 Å². The number of hydrogen-bond donors (Lipinski definition) is 2. The molecule has 0 aromatic carbocycles. The smallest absolute Gasteiger partial charge is 0.314 e. The Hall–Kier alpha value is 0.682. The van der Waals surface area contributed by atoms with E-state index in [0.29, 0.717) is 0 Å². The molecule has 0 fully saturated rings. The number of hydrogen-bond acceptors (Lipinski definition) is 1. The van der Waals surface area contributed by atoms with Gasteiger partial charge in [-0.3, -0.25) is 4.57 Å². The standard InChI is InChI=1S/Al.H3O3P.2H/c;1-4(2)3;;/h;4H,(H2,1,2,3);;. The van der Waals surface area contributed by atoms with Gasteiger partial charge in [-0.05, 0) is 0 Å². The van der Waals surface area contributed by atoms with Crippen molar-refractivity contribution >= 4 is 25.6 Å². The fourth-order valence-corrected chi connectivity index (χ4v) is 0. The first kappa shape index (κ1) is 9.19. The second-order valence-electron chi connectivity index (χ2n) is 0.283. The Morgan fingerprint density at radius 3 is 1.40 bits per heavy atom. The Bertz CT molecular complexity index is 29.9. The van der Waals surface area contributed by atoms with Crippen LogP contribution in [0.4, 0.5) is 0 Å². The number of rotatable bonds is 0. The maximum atomic E-state index is 8.74. The summed E-state index contributed by atoms with van der Waals surface area (Å²) in [7, 11) is -3.13. The minimum Gasteiger partial charge on any atom is -0.326 e. The summed E-state index contributed by atoms with van der Waals surface area (Å²) in [5.74, 6) is 0. The van der Waals surface area contributed by atoms with Gasteiger partial charge in [0.1, 0.15) is 17.4 Å². The molecule has 0 atom stereocenters. The third-order valence-electron chi connectivity index (χ3n) is 0. The molecule has 0 rings (SSSR count). The Morgan fingerprint density at radius 1 is 1.40 bits per heavy atom. The lowest BCUT2D eigenvalue weighted by molar-refractivity contribution is 0.405. The molecule has 3 nitrogen and oxygen atoms in total. The summed E-state index contributed by atoms with van der Waals surface area (Å²) in [6, 6.07) is 0. The summed E-state index contributed by atoms with van der Waals surface area (Å²) in [6.45, 7) is 0. The van der Waals surface area contributed by atoms with Gasteiger partial charge in [-0.1, -0.05) is 0 Å². The maximum absolute atomic E-state index is 8.74. The van der Waals surface area contributed by atoms with Crippen LogP contribution in [0, 0.1) is 0 Å². The van der Waals surface area contributed by atoms with E-state index in [2.05, 4.69) is 0 Å². The fourth-order valence-electron chi connectivity index (χ4n) is 0. The van der Waals surface area contributed by atoms with Gasteiger partial charge in [0.15, 0.2) is 0 Å². The van der Waals surface area contributed by atoms with E-state index in [1.807, 2.05) is 0 Å². The van der Waals surface area contributed by atoms with Crippen LogP contribution in [-0.4, -0.2) is 27.1 Å². The SMILES string of the molecule is O=[PH](O)O.[AlH2]. The molecule has 0 unspecified atom stereocenters. The van der Waals surface area contributed by atoms with Gasteiger partial charge >= 0.3 is 8.25 Å². The molecule has 31 valence electrons. The lowest BCUT2D eigenvalue weighted by Crippen LogP contribution is -1.38. The Kier molecular flexibility index (Phi) is 8.60. The van der Waals surface area contributed by atoms with Crippen LogP contribution in [-0.2, 0) is 4.57 Å². The first-order valence-electron chi connectivity index (χ1n) is 0.651. The molecule has 1 radical (unpaired) electrons. The second-order valence-corrected chi connectivity index (χ2v) is 0.848. The van der Waals surface area contributed by atoms with Crippen LogP contribution in [0.15, 0.2) is 0 Å². The highest BCUT2D eigenvalue weighted by atomic mass is 31.1. The fraction of sp³-hybridized carbons (Fsp3) is 0. The molecular weight excluding hydrogens is 106 g/mol. The van der Waals surface area contributed by atoms with E-state index in [0.717, 1.165) is 0 Å². The zero-order valence-corrected chi connectivity index (χ0v) is 5.80. The van der Waals surface area contributed by atoms with Gasteiger partial charge in [-0.25, -0.2) is 0 Å². The Labute approximate surface area is 40.7 Å². The van der Waals surface area contributed by atoms with Gasteiger partial charge < -0.3 is 9.79 Å². The first-order valence-corrected chi connectivity index (χ1v) is 1.95. The van der Waals surface area contributed by atoms with Crippen molar-refractivity contribution in [2.24, 2.45) is 0 Å². The van der Waals surface area contributed by atoms with Crippen LogP contribution in [0.2, 0.25) is 0 Å². The molecular formula is H5AlO3P. The van der Waals surface area contributed by atoms with Gasteiger partial charge in [-0.2, -0.15) is 0 Å². The van der Waals surface area contributed by atoms with Crippen molar-refractivity contribution in [1.29, 1.82) is 0 Å². The van der Waals surface area contributed by atoms with Gasteiger partial charge in [-0.15, -0.1) is 0 Å². The summed E-state index contributed by atoms with van der Waals surface area (Å²) in [5, 5.41) is 0. The summed E-state index contributed by atoms with van der Waals surface area (Å²) in [5.41, 5.74) is 0. The molecule has 5 heavy (non-hydrogen) atoms. The molecule has 0 spiro atoms. The molecule has 2 N–H and O–H groups in total. The van der Waals surface area contributed by atoms with Crippen LogP contribution in [0.25, 0.3) is 0 Å². The Balaban J connectivity index is 0. The topological polar surface area (TPSA) is 57.5 Å². The third-order valence-corrected chi connectivity index (χ3v) is 0. The van der Waals surface area contributed by atoms with E-state index in [9.17, 15) is 0 Å². The quantitative estimate of drug-likeness (QED) is 0.293. The predicted molar refractivity (Wildman–Crippen MR) is 22.0 cm³/mol. The molecule has 0 saturated heterocycles. The van der Waals surface area contributed by atoms with Gasteiger partial charge in [0.05, 0.1) is 0 Å². The molecule has 0 aliphatic carbocycles. The van der Waals surface area contributed by atoms with Crippen LogP contribution in [0.3, 0.4) is 0 Å². The summed E-state index contributed by atoms with van der Waals surface area (Å²) >= 11 is 0. The zero-order valence-electron chi connectivity index (χ0n) is 2.80. The average Bonchev–Trinajstić information content (AvgIpc) is 0.811. The molecule has 0 aromatic heterocycles. The summed E-state index contributed by atoms with van der Waals surface area (Å²) in [6.07, 6.45) is 0. The van der Waals surface area contributed by atoms with Gasteiger partial charge in [0, 0.05) is 0 Å². The minimum absolute atomic E-state index is 0. The van der Waals surface area contributed by atoms with Crippen LogP contribution >= 0.6 is 8.25 Å². The summed E-state index contributed by atoms with van der Waals surface area (Å²) < 4.78 is 8.74. The second kappa shape index (κ2) is 4.68. The minimum atomic E-state index is -3.13. The molecule has 5 heteroatoms. The van der Waals surface area contributed by atoms with Crippen molar-refractivity contribution in [2.75, 3.05) is 0 Å². The maximum Gasteiger partial charge on any atom is 0.314 e. The largest absolute Gasteiger partial charge is 0.326 e. The van der Waals surface area contributed by atoms with E-state index in [-0.39, 0.29) is 17.4 Å². The molecule has 0 aromatic rings. The highest BCUT2D eigenvalue weighted by Gasteiger charge is 1.61. The van der Waals surface area contributed by atoms with Gasteiger partial charge in [0.2, 0.25) is 0 Å². The molecule has 0 aliphatic rings. The van der Waals surface area contributed by atoms with Crippen molar-refractivity contribution in [3.63, 3.8) is 0 Å². The lowest BCUT2D eigenvalue weighted by Gasteiger charge is -1.61. The molecule has 0 amide bonds. The first-order chi connectivity index (χ1) is 1.73. The highest BCUT2D eigenvalue weighted by molar-refractivity contribution is 7.30. The highest BCUT2D eigenvalue weighted by Crippen LogP contribution is 1.98. The van der Waals surface area contributed by atoms with E-state index in [1.54, 1.807) is 0 Å². The van der Waals surface area contributed by atoms with E-state index in [4.69, 9.17) is 14.4 Å². The van der Waals surface area contributed by atoms with E-state index in [1.165, 1.54) is 0 Å². The predicted octanol–water partition coefficient (Wildman–Crippen LogP) is -1.56. The van der Waals surface area contributed by atoms with E-state index < -0.39 is 8.25 Å². The summed E-state index contributed by atoms with van der Waals surface area (Å²) in [4.78, 5) is 14.3. The Morgan fingerprint density at radius 2 is 1.40 bits per heavy atom.